The van der Waals surface area contributed by atoms with Crippen LogP contribution in [0.5, 0.6) is 0 Å². The molecule has 0 radical (unpaired) electrons. The third-order valence-corrected chi connectivity index (χ3v) is 3.54. The number of aliphatic carboxylic acids is 1. The first-order valence-corrected chi connectivity index (χ1v) is 8.94. The summed E-state index contributed by atoms with van der Waals surface area (Å²) >= 11 is 0. The molecule has 0 aliphatic carbocycles. The summed E-state index contributed by atoms with van der Waals surface area (Å²) in [6, 6.07) is 12.5. The topological polar surface area (TPSA) is 103 Å². The van der Waals surface area contributed by atoms with Gasteiger partial charge < -0.3 is 5.11 Å². The van der Waals surface area contributed by atoms with Gasteiger partial charge in [0.1, 0.15) is 0 Å². The minimum atomic E-state index is -5.08. The van der Waals surface area contributed by atoms with Gasteiger partial charge in [-0.3, -0.25) is 9.97 Å². The summed E-state index contributed by atoms with van der Waals surface area (Å²) in [5.41, 5.74) is 4.06. The molecule has 1 aromatic carbocycles. The second kappa shape index (κ2) is 18.1. The number of pyridine rings is 2. The van der Waals surface area contributed by atoms with Gasteiger partial charge in [-0.15, -0.1) is 0 Å². The van der Waals surface area contributed by atoms with Crippen LogP contribution in [-0.4, -0.2) is 27.2 Å². The number of carboxylic acids is 1. The Morgan fingerprint density at radius 3 is 1.31 bits per heavy atom. The minimum Gasteiger partial charge on any atom is 0 e. The number of hydrogen-bond donors (Lipinski definition) is 1. The van der Waals surface area contributed by atoms with Crippen LogP contribution < -0.4 is 0 Å². The van der Waals surface area contributed by atoms with Gasteiger partial charge in [0.25, 0.3) is 0 Å². The van der Waals surface area contributed by atoms with Gasteiger partial charge >= 0.3 is 34.8 Å². The van der Waals surface area contributed by atoms with Gasteiger partial charge in [-0.25, -0.2) is 4.79 Å². The van der Waals surface area contributed by atoms with Crippen LogP contribution in [0.25, 0.3) is 21.8 Å². The van der Waals surface area contributed by atoms with E-state index in [2.05, 4.69) is 61.4 Å². The molecule has 3 aromatic rings. The van der Waals surface area contributed by atoms with E-state index >= 15 is 0 Å². The normalized spacial score (nSPS) is 9.09. The number of halogens is 3. The van der Waals surface area contributed by atoms with Gasteiger partial charge in [0, 0.05) is 43.2 Å². The number of rotatable bonds is 1. The van der Waals surface area contributed by atoms with E-state index in [1.165, 1.54) is 12.8 Å². The van der Waals surface area contributed by atoms with Gasteiger partial charge in [-0.2, -0.15) is 13.2 Å². The van der Waals surface area contributed by atoms with Gasteiger partial charge in [0.05, 0.1) is 11.0 Å². The number of carbonyl (C=O) groups is 1. The summed E-state index contributed by atoms with van der Waals surface area (Å²) in [4.78, 5) is 18.1. The van der Waals surface area contributed by atoms with Crippen molar-refractivity contribution in [2.75, 3.05) is 0 Å². The third-order valence-electron chi connectivity index (χ3n) is 3.54. The Labute approximate surface area is 199 Å². The molecule has 2 heterocycles. The predicted octanol–water partition coefficient (Wildman–Crippen LogP) is 5.76. The van der Waals surface area contributed by atoms with E-state index in [-0.39, 0.29) is 21.1 Å². The van der Waals surface area contributed by atoms with Crippen molar-refractivity contribution in [2.24, 2.45) is 0 Å². The Morgan fingerprint density at radius 1 is 0.844 bits per heavy atom. The second-order valence-electron chi connectivity index (χ2n) is 5.92. The number of unbranched alkanes of at least 4 members (excludes halogenated alkanes) is 1. The van der Waals surface area contributed by atoms with Crippen molar-refractivity contribution in [2.45, 2.75) is 46.7 Å². The zero-order chi connectivity index (χ0) is 24.6. The van der Waals surface area contributed by atoms with Crippen LogP contribution in [0.4, 0.5) is 13.2 Å². The first kappa shape index (κ1) is 34.1. The molecule has 1 N–H and O–H groups in total. The molecule has 0 saturated carbocycles. The molecule has 0 spiro atoms. The molecule has 32 heavy (non-hydrogen) atoms. The Hall–Kier alpha value is -2.53. The van der Waals surface area contributed by atoms with Crippen molar-refractivity contribution in [1.82, 2.24) is 9.97 Å². The van der Waals surface area contributed by atoms with Gasteiger partial charge in [0.2, 0.25) is 0 Å². The molecular weight excluding hydrogens is 509 g/mol. The van der Waals surface area contributed by atoms with Crippen molar-refractivity contribution in [3.8, 4) is 0 Å². The first-order valence-electron chi connectivity index (χ1n) is 8.94. The molecule has 172 valence electrons. The molecule has 0 aliphatic heterocycles. The molecule has 0 saturated heterocycles. The molecule has 3 rings (SSSR count). The smallest absolute Gasteiger partial charge is 0 e. The summed E-state index contributed by atoms with van der Waals surface area (Å²) in [5, 5.41) is 9.42. The number of aryl methyl sites for hydroxylation is 2. The maximum atomic E-state index is 10.6. The molecule has 0 aliphatic rings. The Morgan fingerprint density at radius 2 is 1.09 bits per heavy atom. The van der Waals surface area contributed by atoms with Crippen molar-refractivity contribution < 1.29 is 53.4 Å². The Bertz CT molecular complexity index is 937. The SMILES string of the molecule is CCCC.Cc1ccc2ccc3ccc(C)nc3c2n1.O=C(O)C(F)(F)F.[C-]#[O+].[C-]#[O+].[Mo]. The zero-order valence-corrected chi connectivity index (χ0v) is 20.0. The number of aromatic nitrogens is 2. The van der Waals surface area contributed by atoms with Crippen LogP contribution in [0, 0.1) is 27.1 Å². The molecule has 0 unspecified atom stereocenters. The van der Waals surface area contributed by atoms with Crippen LogP contribution in [-0.2, 0) is 35.2 Å². The number of hydrogen-bond acceptors (Lipinski definition) is 3. The third kappa shape index (κ3) is 12.4. The average molecular weight is 532 g/mol. The first-order chi connectivity index (χ1) is 14.6. The van der Waals surface area contributed by atoms with Crippen molar-refractivity contribution >= 4 is 27.8 Å². The maximum Gasteiger partial charge on any atom is 0 e. The Kier molecular flexibility index (Phi) is 19.3. The fraction of sp³-hybridized carbons (Fsp3) is 0.318. The van der Waals surface area contributed by atoms with E-state index in [0.717, 1.165) is 33.2 Å². The standard InChI is InChI=1S/C14H12N2.C4H10.C2HF3O2.2CO.Mo/c1-9-3-5-11-7-8-12-6-4-10(2)16-14(12)13(11)15-9;1-3-4-2;3-2(4,5)1(6)7;2*1-2;/h3-8H,1-2H3;3-4H2,1-2H3;(H,6,7);;;. The zero-order valence-electron chi connectivity index (χ0n) is 18.0. The van der Waals surface area contributed by atoms with Crippen molar-refractivity contribution in [3.63, 3.8) is 0 Å². The number of carboxylic acid groups (broad SMARTS) is 1. The van der Waals surface area contributed by atoms with Crippen LogP contribution in [0.2, 0.25) is 0 Å². The number of nitrogens with zero attached hydrogens (tertiary/aromatic N) is 2. The van der Waals surface area contributed by atoms with Gasteiger partial charge in [-0.1, -0.05) is 51.0 Å². The maximum absolute atomic E-state index is 10.6. The van der Waals surface area contributed by atoms with Crippen LogP contribution in [0.3, 0.4) is 0 Å². The predicted molar refractivity (Wildman–Crippen MR) is 109 cm³/mol. The fourth-order valence-corrected chi connectivity index (χ4v) is 1.96. The number of alkyl halides is 3. The number of benzene rings is 1. The van der Waals surface area contributed by atoms with Crippen LogP contribution >= 0.6 is 0 Å². The number of fused-ring (bicyclic) bond motifs is 3. The summed E-state index contributed by atoms with van der Waals surface area (Å²) in [6.07, 6.45) is -2.44. The summed E-state index contributed by atoms with van der Waals surface area (Å²) in [7, 11) is 0. The van der Waals surface area contributed by atoms with Crippen LogP contribution in [0.15, 0.2) is 36.4 Å². The monoisotopic (exact) mass is 534 g/mol. The largest absolute Gasteiger partial charge is 0 e. The quantitative estimate of drug-likeness (QED) is 0.186. The van der Waals surface area contributed by atoms with Gasteiger partial charge in [-0.05, 0) is 26.0 Å². The molecule has 6 nitrogen and oxygen atoms in total. The fourth-order valence-electron chi connectivity index (χ4n) is 1.96. The molecule has 2 aromatic heterocycles. The summed E-state index contributed by atoms with van der Waals surface area (Å²) in [5.74, 6) is -2.76. The molecule has 0 bridgehead atoms. The average Bonchev–Trinajstić information content (AvgIpc) is 2.76. The summed E-state index contributed by atoms with van der Waals surface area (Å²) in [6.45, 7) is 17.4. The van der Waals surface area contributed by atoms with E-state index in [4.69, 9.17) is 19.2 Å². The van der Waals surface area contributed by atoms with E-state index in [1.807, 2.05) is 26.0 Å². The van der Waals surface area contributed by atoms with Crippen molar-refractivity contribution in [1.29, 1.82) is 0 Å². The van der Waals surface area contributed by atoms with Crippen LogP contribution in [0.1, 0.15) is 38.1 Å². The molecule has 0 amide bonds. The molecule has 10 heteroatoms. The van der Waals surface area contributed by atoms with Crippen molar-refractivity contribution in [3.05, 3.63) is 61.1 Å². The van der Waals surface area contributed by atoms with E-state index in [9.17, 15) is 13.2 Å². The molecule has 0 fully saturated rings. The van der Waals surface area contributed by atoms with Gasteiger partial charge in [0.15, 0.2) is 0 Å². The van der Waals surface area contributed by atoms with E-state index in [0.29, 0.717) is 0 Å². The second-order valence-corrected chi connectivity index (χ2v) is 5.92. The van der Waals surface area contributed by atoms with E-state index < -0.39 is 12.1 Å². The molecule has 0 atom stereocenters. The van der Waals surface area contributed by atoms with E-state index in [1.54, 1.807) is 0 Å². The minimum absolute atomic E-state index is 0. The summed E-state index contributed by atoms with van der Waals surface area (Å²) < 4.78 is 46.7. The Balaban J connectivity index is -0.000000446. The molecular formula is C22H23F3MoN2O4.